The van der Waals surface area contributed by atoms with E-state index in [-0.39, 0.29) is 17.1 Å². The molecule has 1 aromatic carbocycles. The van der Waals surface area contributed by atoms with E-state index in [1.54, 1.807) is 26.1 Å². The molecule has 26 heavy (non-hydrogen) atoms. The molecule has 2 aromatic rings. The molecule has 1 aromatic heterocycles. The summed E-state index contributed by atoms with van der Waals surface area (Å²) in [4.78, 5) is 12.6. The van der Waals surface area contributed by atoms with Gasteiger partial charge in [0, 0.05) is 28.4 Å². The zero-order valence-electron chi connectivity index (χ0n) is 14.7. The number of sulfonamides is 1. The standard InChI is InChI=1S/C18H21BrN2O4S/c1-3-26(23,24)21-13-8-14-11(7-12(13)19)15(17(22)20-2)16(25-14)18-6-4-5-10(18)9-18/h7-8,10,21H,3-6,9H2,1-2H3,(H,20,22). The van der Waals surface area contributed by atoms with E-state index in [0.29, 0.717) is 32.6 Å². The van der Waals surface area contributed by atoms with Crippen molar-refractivity contribution in [2.24, 2.45) is 5.92 Å². The number of furan rings is 1. The van der Waals surface area contributed by atoms with Crippen LogP contribution in [-0.2, 0) is 15.4 Å². The number of rotatable bonds is 5. The second-order valence-corrected chi connectivity index (χ2v) is 10.0. The molecule has 6 nitrogen and oxygen atoms in total. The molecule has 1 heterocycles. The van der Waals surface area contributed by atoms with Gasteiger partial charge in [-0.05, 0) is 54.1 Å². The number of carbonyl (C=O) groups is 1. The maximum absolute atomic E-state index is 12.6. The second kappa shape index (κ2) is 5.99. The van der Waals surface area contributed by atoms with Crippen molar-refractivity contribution >= 4 is 48.5 Å². The van der Waals surface area contributed by atoms with E-state index in [1.807, 2.05) is 0 Å². The van der Waals surface area contributed by atoms with Crippen LogP contribution in [0, 0.1) is 5.92 Å². The Balaban J connectivity index is 1.89. The van der Waals surface area contributed by atoms with Gasteiger partial charge in [-0.3, -0.25) is 9.52 Å². The largest absolute Gasteiger partial charge is 0.460 e. The van der Waals surface area contributed by atoms with Gasteiger partial charge in [0.2, 0.25) is 10.0 Å². The number of benzene rings is 1. The first-order valence-corrected chi connectivity index (χ1v) is 11.2. The minimum absolute atomic E-state index is 0.0174. The number of amides is 1. The first kappa shape index (κ1) is 17.9. The van der Waals surface area contributed by atoms with Gasteiger partial charge in [-0.1, -0.05) is 6.42 Å². The molecule has 2 atom stereocenters. The van der Waals surface area contributed by atoms with E-state index < -0.39 is 10.0 Å². The molecule has 0 bridgehead atoms. The van der Waals surface area contributed by atoms with Crippen LogP contribution in [0.1, 0.15) is 48.7 Å². The summed E-state index contributed by atoms with van der Waals surface area (Å²) in [5.41, 5.74) is 1.51. The first-order chi connectivity index (χ1) is 12.3. The van der Waals surface area contributed by atoms with E-state index in [2.05, 4.69) is 26.0 Å². The van der Waals surface area contributed by atoms with Crippen molar-refractivity contribution in [2.45, 2.75) is 38.0 Å². The van der Waals surface area contributed by atoms with Crippen LogP contribution in [0.2, 0.25) is 0 Å². The van der Waals surface area contributed by atoms with Crippen molar-refractivity contribution in [1.82, 2.24) is 5.32 Å². The zero-order chi connectivity index (χ0) is 18.7. The van der Waals surface area contributed by atoms with Crippen LogP contribution in [0.25, 0.3) is 11.0 Å². The molecule has 2 unspecified atom stereocenters. The molecule has 0 radical (unpaired) electrons. The summed E-state index contributed by atoms with van der Waals surface area (Å²) in [6, 6.07) is 3.43. The molecule has 2 saturated carbocycles. The average Bonchev–Trinajstić information content (AvgIpc) is 2.98. The van der Waals surface area contributed by atoms with Crippen molar-refractivity contribution in [2.75, 3.05) is 17.5 Å². The summed E-state index contributed by atoms with van der Waals surface area (Å²) in [5, 5.41) is 3.42. The van der Waals surface area contributed by atoms with Crippen molar-refractivity contribution in [1.29, 1.82) is 0 Å². The minimum Gasteiger partial charge on any atom is -0.460 e. The fraction of sp³-hybridized carbons (Fsp3) is 0.500. The Morgan fingerprint density at radius 1 is 1.42 bits per heavy atom. The molecule has 2 aliphatic carbocycles. The summed E-state index contributed by atoms with van der Waals surface area (Å²) in [6.07, 6.45) is 4.43. The smallest absolute Gasteiger partial charge is 0.255 e. The maximum Gasteiger partial charge on any atom is 0.255 e. The van der Waals surface area contributed by atoms with E-state index in [1.165, 1.54) is 6.42 Å². The molecule has 0 aliphatic heterocycles. The topological polar surface area (TPSA) is 88.4 Å². The lowest BCUT2D eigenvalue weighted by molar-refractivity contribution is 0.0961. The summed E-state index contributed by atoms with van der Waals surface area (Å²) in [7, 11) is -1.80. The van der Waals surface area contributed by atoms with Crippen molar-refractivity contribution in [3.63, 3.8) is 0 Å². The predicted molar refractivity (Wildman–Crippen MR) is 104 cm³/mol. The highest BCUT2D eigenvalue weighted by Gasteiger charge is 2.61. The van der Waals surface area contributed by atoms with Gasteiger partial charge in [-0.2, -0.15) is 0 Å². The molecular formula is C18H21BrN2O4S. The third-order valence-corrected chi connectivity index (χ3v) is 7.68. The van der Waals surface area contributed by atoms with Crippen LogP contribution in [0.5, 0.6) is 0 Å². The van der Waals surface area contributed by atoms with E-state index in [0.717, 1.165) is 25.0 Å². The third-order valence-electron chi connectivity index (χ3n) is 5.74. The van der Waals surface area contributed by atoms with Gasteiger partial charge in [0.05, 0.1) is 17.0 Å². The SMILES string of the molecule is CCS(=O)(=O)Nc1cc2oc(C34CCCC3C4)c(C(=O)NC)c2cc1Br. The van der Waals surface area contributed by atoms with Crippen LogP contribution in [-0.4, -0.2) is 27.1 Å². The van der Waals surface area contributed by atoms with Crippen LogP contribution in [0.4, 0.5) is 5.69 Å². The maximum atomic E-state index is 12.6. The molecule has 2 aliphatic rings. The lowest BCUT2D eigenvalue weighted by Gasteiger charge is -2.10. The van der Waals surface area contributed by atoms with E-state index in [4.69, 9.17) is 4.42 Å². The lowest BCUT2D eigenvalue weighted by Crippen LogP contribution is -2.21. The number of halogens is 1. The van der Waals surface area contributed by atoms with Gasteiger partial charge in [-0.15, -0.1) is 0 Å². The van der Waals surface area contributed by atoms with E-state index >= 15 is 0 Å². The lowest BCUT2D eigenvalue weighted by atomic mass is 9.95. The number of anilines is 1. The zero-order valence-corrected chi connectivity index (χ0v) is 17.1. The monoisotopic (exact) mass is 440 g/mol. The predicted octanol–water partition coefficient (Wildman–Crippen LogP) is 3.76. The van der Waals surface area contributed by atoms with Gasteiger partial charge in [0.1, 0.15) is 11.3 Å². The molecule has 2 N–H and O–H groups in total. The van der Waals surface area contributed by atoms with Crippen LogP contribution in [0.15, 0.2) is 21.0 Å². The molecule has 1 amide bonds. The fourth-order valence-electron chi connectivity index (χ4n) is 4.26. The quantitative estimate of drug-likeness (QED) is 0.740. The highest BCUT2D eigenvalue weighted by molar-refractivity contribution is 9.10. The Hall–Kier alpha value is -1.54. The molecule has 8 heteroatoms. The molecule has 0 saturated heterocycles. The average molecular weight is 441 g/mol. The second-order valence-electron chi connectivity index (χ2n) is 7.17. The molecule has 0 spiro atoms. The van der Waals surface area contributed by atoms with Gasteiger partial charge in [0.25, 0.3) is 5.91 Å². The molecule has 2 fully saturated rings. The molecule has 140 valence electrons. The molecular weight excluding hydrogens is 420 g/mol. The van der Waals surface area contributed by atoms with Crippen LogP contribution < -0.4 is 10.0 Å². The first-order valence-electron chi connectivity index (χ1n) is 8.80. The van der Waals surface area contributed by atoms with Gasteiger partial charge in [-0.25, -0.2) is 8.42 Å². The summed E-state index contributed by atoms with van der Waals surface area (Å²) in [5.74, 6) is 1.17. The highest BCUT2D eigenvalue weighted by atomic mass is 79.9. The van der Waals surface area contributed by atoms with Crippen molar-refractivity contribution in [3.8, 4) is 0 Å². The highest BCUT2D eigenvalue weighted by Crippen LogP contribution is 2.65. The number of hydrogen-bond acceptors (Lipinski definition) is 4. The Bertz CT molecular complexity index is 1010. The number of nitrogens with one attached hydrogen (secondary N) is 2. The normalized spacial score (nSPS) is 24.5. The van der Waals surface area contributed by atoms with Gasteiger partial charge in [0.15, 0.2) is 0 Å². The Kier molecular flexibility index (Phi) is 4.11. The van der Waals surface area contributed by atoms with Crippen LogP contribution >= 0.6 is 15.9 Å². The summed E-state index contributed by atoms with van der Waals surface area (Å²) < 4.78 is 33.2. The number of fused-ring (bicyclic) bond motifs is 2. The Morgan fingerprint density at radius 2 is 2.19 bits per heavy atom. The van der Waals surface area contributed by atoms with Crippen LogP contribution in [0.3, 0.4) is 0 Å². The Labute approximate surface area is 160 Å². The fourth-order valence-corrected chi connectivity index (χ4v) is 5.48. The minimum atomic E-state index is -3.41. The van der Waals surface area contributed by atoms with Crippen molar-refractivity contribution in [3.05, 3.63) is 27.9 Å². The third kappa shape index (κ3) is 2.65. The van der Waals surface area contributed by atoms with Gasteiger partial charge >= 0.3 is 0 Å². The molecule has 4 rings (SSSR count). The summed E-state index contributed by atoms with van der Waals surface area (Å²) >= 11 is 3.42. The van der Waals surface area contributed by atoms with Crippen molar-refractivity contribution < 1.29 is 17.6 Å². The van der Waals surface area contributed by atoms with E-state index in [9.17, 15) is 13.2 Å². The van der Waals surface area contributed by atoms with Gasteiger partial charge < -0.3 is 9.73 Å². The summed E-state index contributed by atoms with van der Waals surface area (Å²) in [6.45, 7) is 1.58. The number of hydrogen-bond donors (Lipinski definition) is 2. The Morgan fingerprint density at radius 3 is 2.77 bits per heavy atom. The number of carbonyl (C=O) groups excluding carboxylic acids is 1.